The van der Waals surface area contributed by atoms with Gasteiger partial charge in [-0.3, -0.25) is 4.55 Å². The maximum absolute atomic E-state index is 11.3. The van der Waals surface area contributed by atoms with E-state index in [1.165, 1.54) is 24.3 Å². The molecule has 2 N–H and O–H groups in total. The van der Waals surface area contributed by atoms with Gasteiger partial charge in [0.2, 0.25) is 0 Å². The molecule has 0 bridgehead atoms. The Morgan fingerprint density at radius 1 is 0.923 bits per heavy atom. The van der Waals surface area contributed by atoms with Gasteiger partial charge in [-0.25, -0.2) is 0 Å². The molecule has 0 radical (unpaired) electrons. The van der Waals surface area contributed by atoms with Crippen molar-refractivity contribution in [3.63, 3.8) is 0 Å². The van der Waals surface area contributed by atoms with Gasteiger partial charge in [-0.2, -0.15) is 13.5 Å². The second-order valence-electron chi connectivity index (χ2n) is 5.78. The molecule has 0 heterocycles. The van der Waals surface area contributed by atoms with E-state index in [0.717, 1.165) is 11.1 Å². The van der Waals surface area contributed by atoms with E-state index in [1.54, 1.807) is 6.07 Å². The summed E-state index contributed by atoms with van der Waals surface area (Å²) in [5.74, 6) is -0.0689. The molecule has 0 unspecified atom stereocenters. The number of rotatable bonds is 3. The first-order chi connectivity index (χ1) is 11.8. The summed E-state index contributed by atoms with van der Waals surface area (Å²) >= 11 is 0. The Hall–Kier alpha value is -1.77. The summed E-state index contributed by atoms with van der Waals surface area (Å²) in [6.07, 6.45) is 0. The van der Waals surface area contributed by atoms with Gasteiger partial charge in [-0.05, 0) is 49.1 Å². The summed E-state index contributed by atoms with van der Waals surface area (Å²) in [6, 6.07) is 12.8. The average molecular weight is 379 g/mol. The van der Waals surface area contributed by atoms with E-state index in [1.807, 2.05) is 32.0 Å². The van der Waals surface area contributed by atoms with Gasteiger partial charge < -0.3 is 5.11 Å². The minimum atomic E-state index is -4.30. The standard InChI is InChI=1S/C18H16N2O4S.Na/c1-11-3-7-16(12(2)9-11)19-20-18-15-6-5-14(25(22,23)24)10-13(15)4-8-17(18)21;/h3-10,21H,1-2H3,(H,22,23,24);/q;+1. The Bertz CT molecular complexity index is 1110. The number of phenols is 1. The van der Waals surface area contributed by atoms with Crippen LogP contribution in [0.3, 0.4) is 0 Å². The third-order valence-electron chi connectivity index (χ3n) is 3.85. The fourth-order valence-electron chi connectivity index (χ4n) is 2.57. The van der Waals surface area contributed by atoms with Gasteiger partial charge in [0.25, 0.3) is 10.1 Å². The van der Waals surface area contributed by atoms with E-state index in [9.17, 15) is 13.5 Å². The topological polar surface area (TPSA) is 99.3 Å². The van der Waals surface area contributed by atoms with Gasteiger partial charge in [-0.1, -0.05) is 29.8 Å². The van der Waals surface area contributed by atoms with E-state index in [2.05, 4.69) is 10.2 Å². The van der Waals surface area contributed by atoms with E-state index < -0.39 is 10.1 Å². The van der Waals surface area contributed by atoms with Gasteiger partial charge in [0.05, 0.1) is 10.6 Å². The number of aromatic hydroxyl groups is 1. The van der Waals surface area contributed by atoms with E-state index in [-0.39, 0.29) is 45.9 Å². The molecule has 26 heavy (non-hydrogen) atoms. The van der Waals surface area contributed by atoms with Crippen molar-refractivity contribution in [3.8, 4) is 5.75 Å². The van der Waals surface area contributed by atoms with Crippen molar-refractivity contribution in [2.75, 3.05) is 0 Å². The maximum Gasteiger partial charge on any atom is 1.00 e. The predicted molar refractivity (Wildman–Crippen MR) is 95.5 cm³/mol. The largest absolute Gasteiger partial charge is 1.00 e. The number of phenolic OH excluding ortho intramolecular Hbond substituents is 1. The minimum Gasteiger partial charge on any atom is -0.506 e. The molecule has 128 valence electrons. The second kappa shape index (κ2) is 7.85. The SMILES string of the molecule is Cc1ccc(N=Nc2c(O)ccc3cc(S(=O)(=O)O)ccc23)c(C)c1.[Na+]. The Morgan fingerprint density at radius 3 is 2.31 bits per heavy atom. The van der Waals surface area contributed by atoms with Crippen LogP contribution in [0.5, 0.6) is 5.75 Å². The molecule has 6 nitrogen and oxygen atoms in total. The number of fused-ring (bicyclic) bond motifs is 1. The average Bonchev–Trinajstić information content (AvgIpc) is 2.54. The molecule has 0 aromatic heterocycles. The summed E-state index contributed by atoms with van der Waals surface area (Å²) in [5, 5.41) is 19.5. The van der Waals surface area contributed by atoms with Gasteiger partial charge >= 0.3 is 29.6 Å². The van der Waals surface area contributed by atoms with Crippen LogP contribution >= 0.6 is 0 Å². The number of aryl methyl sites for hydroxylation is 2. The van der Waals surface area contributed by atoms with Crippen LogP contribution < -0.4 is 29.6 Å². The van der Waals surface area contributed by atoms with Crippen molar-refractivity contribution < 1.29 is 47.6 Å². The molecule has 8 heteroatoms. The summed E-state index contributed by atoms with van der Waals surface area (Å²) in [5.41, 5.74) is 2.98. The molecule has 0 amide bonds. The molecular formula is C18H16N2NaO4S+. The van der Waals surface area contributed by atoms with Crippen LogP contribution in [-0.2, 0) is 10.1 Å². The summed E-state index contributed by atoms with van der Waals surface area (Å²) < 4.78 is 31.7. The first-order valence-corrected chi connectivity index (χ1v) is 8.92. The normalized spacial score (nSPS) is 11.7. The van der Waals surface area contributed by atoms with Crippen molar-refractivity contribution in [1.82, 2.24) is 0 Å². The van der Waals surface area contributed by atoms with Crippen LogP contribution in [0.2, 0.25) is 0 Å². The molecule has 0 aliphatic carbocycles. The van der Waals surface area contributed by atoms with Gasteiger partial charge in [0.15, 0.2) is 0 Å². The molecule has 0 fully saturated rings. The number of azo groups is 1. The zero-order chi connectivity index (χ0) is 18.2. The Labute approximate surface area is 173 Å². The summed E-state index contributed by atoms with van der Waals surface area (Å²) in [4.78, 5) is -0.219. The quantitative estimate of drug-likeness (QED) is 0.412. The Morgan fingerprint density at radius 2 is 1.65 bits per heavy atom. The zero-order valence-electron chi connectivity index (χ0n) is 14.6. The van der Waals surface area contributed by atoms with Crippen molar-refractivity contribution in [1.29, 1.82) is 0 Å². The first-order valence-electron chi connectivity index (χ1n) is 7.48. The number of nitrogens with zero attached hydrogens (tertiary/aromatic N) is 2. The molecule has 3 aromatic carbocycles. The molecule has 3 rings (SSSR count). The Kier molecular flexibility index (Phi) is 6.21. The fourth-order valence-corrected chi connectivity index (χ4v) is 3.08. The smallest absolute Gasteiger partial charge is 0.506 e. The van der Waals surface area contributed by atoms with Gasteiger partial charge in [0.1, 0.15) is 11.4 Å². The summed E-state index contributed by atoms with van der Waals surface area (Å²) in [7, 11) is -4.30. The van der Waals surface area contributed by atoms with Gasteiger partial charge in [-0.15, -0.1) is 5.11 Å². The first kappa shape index (κ1) is 20.5. The van der Waals surface area contributed by atoms with E-state index in [4.69, 9.17) is 4.55 Å². The molecule has 0 aliphatic heterocycles. The number of hydrogen-bond acceptors (Lipinski definition) is 5. The third kappa shape index (κ3) is 4.31. The molecule has 0 saturated heterocycles. The maximum atomic E-state index is 11.3. The molecule has 0 aliphatic rings. The van der Waals surface area contributed by atoms with Crippen molar-refractivity contribution in [2.24, 2.45) is 10.2 Å². The predicted octanol–water partition coefficient (Wildman–Crippen LogP) is 1.83. The van der Waals surface area contributed by atoms with Gasteiger partial charge in [0, 0.05) is 5.39 Å². The number of benzene rings is 3. The van der Waals surface area contributed by atoms with Crippen molar-refractivity contribution in [3.05, 3.63) is 59.7 Å². The molecule has 0 atom stereocenters. The van der Waals surface area contributed by atoms with Crippen LogP contribution in [0.4, 0.5) is 11.4 Å². The second-order valence-corrected chi connectivity index (χ2v) is 7.20. The van der Waals surface area contributed by atoms with Crippen LogP contribution in [0, 0.1) is 13.8 Å². The summed E-state index contributed by atoms with van der Waals surface area (Å²) in [6.45, 7) is 3.90. The van der Waals surface area contributed by atoms with E-state index in [0.29, 0.717) is 16.5 Å². The van der Waals surface area contributed by atoms with Crippen molar-refractivity contribution in [2.45, 2.75) is 18.7 Å². The van der Waals surface area contributed by atoms with Crippen molar-refractivity contribution >= 4 is 32.3 Å². The van der Waals surface area contributed by atoms with Crippen LogP contribution in [0.1, 0.15) is 11.1 Å². The number of hydrogen-bond donors (Lipinski definition) is 2. The minimum absolute atomic E-state index is 0. The van der Waals surface area contributed by atoms with Crippen LogP contribution in [0.25, 0.3) is 10.8 Å². The Balaban J connectivity index is 0.00000243. The molecule has 0 spiro atoms. The fraction of sp³-hybridized carbons (Fsp3) is 0.111. The molecular weight excluding hydrogens is 363 g/mol. The third-order valence-corrected chi connectivity index (χ3v) is 4.70. The molecule has 3 aromatic rings. The molecule has 0 saturated carbocycles. The van der Waals surface area contributed by atoms with E-state index >= 15 is 0 Å². The van der Waals surface area contributed by atoms with Crippen LogP contribution in [0.15, 0.2) is 63.7 Å². The van der Waals surface area contributed by atoms with Crippen LogP contribution in [-0.4, -0.2) is 18.1 Å². The monoisotopic (exact) mass is 379 g/mol. The zero-order valence-corrected chi connectivity index (χ0v) is 17.4.